The molecule has 1 aliphatic carbocycles. The molecule has 15 heavy (non-hydrogen) atoms. The minimum absolute atomic E-state index is 0.0533. The molecule has 1 rings (SSSR count). The number of allylic oxidation sites excluding steroid dienone is 3. The van der Waals surface area contributed by atoms with Crippen molar-refractivity contribution in [2.45, 2.75) is 39.5 Å². The van der Waals surface area contributed by atoms with Crippen LogP contribution in [0.2, 0.25) is 0 Å². The fourth-order valence-electron chi connectivity index (χ4n) is 1.93. The molecular formula is C13H18O2. The molecule has 0 bridgehead atoms. The van der Waals surface area contributed by atoms with Crippen LogP contribution in [0.15, 0.2) is 24.3 Å². The molecule has 1 aliphatic rings. The molecule has 0 unspecified atom stereocenters. The number of ketones is 2. The predicted molar refractivity (Wildman–Crippen MR) is 60.5 cm³/mol. The van der Waals surface area contributed by atoms with Crippen LogP contribution in [0.4, 0.5) is 0 Å². The predicted octanol–water partition coefficient (Wildman–Crippen LogP) is 2.84. The number of hydrogen-bond acceptors (Lipinski definition) is 2. The Bertz CT molecular complexity index is 321. The maximum atomic E-state index is 11.7. The Morgan fingerprint density at radius 3 is 2.73 bits per heavy atom. The van der Waals surface area contributed by atoms with Gasteiger partial charge in [0.2, 0.25) is 11.6 Å². The van der Waals surface area contributed by atoms with Crippen LogP contribution in [-0.2, 0) is 9.59 Å². The highest BCUT2D eigenvalue weighted by Gasteiger charge is 2.26. The molecule has 82 valence electrons. The molecule has 0 N–H and O–H groups in total. The first-order valence-electron chi connectivity index (χ1n) is 5.36. The van der Waals surface area contributed by atoms with Gasteiger partial charge in [-0.1, -0.05) is 26.0 Å². The van der Waals surface area contributed by atoms with Gasteiger partial charge in [-0.3, -0.25) is 9.59 Å². The molecule has 0 saturated heterocycles. The van der Waals surface area contributed by atoms with E-state index in [1.165, 1.54) is 6.08 Å². The standard InChI is InChI=1S/C13H18O2/c1-4-6-11(14)12(15)10-7-5-8-13(2,3)9-10/h4,9H,1,5-8H2,2-3H3. The van der Waals surface area contributed by atoms with Gasteiger partial charge in [0.15, 0.2) is 0 Å². The van der Waals surface area contributed by atoms with Crippen molar-refractivity contribution in [3.8, 4) is 0 Å². The summed E-state index contributed by atoms with van der Waals surface area (Å²) in [5.74, 6) is -0.656. The van der Waals surface area contributed by atoms with Crippen molar-refractivity contribution < 1.29 is 9.59 Å². The summed E-state index contributed by atoms with van der Waals surface area (Å²) in [6.45, 7) is 7.65. The summed E-state index contributed by atoms with van der Waals surface area (Å²) < 4.78 is 0. The molecule has 0 aromatic rings. The maximum Gasteiger partial charge on any atom is 0.224 e. The fraction of sp³-hybridized carbons (Fsp3) is 0.538. The minimum atomic E-state index is -0.339. The molecule has 2 heteroatoms. The van der Waals surface area contributed by atoms with Crippen molar-refractivity contribution >= 4 is 11.6 Å². The van der Waals surface area contributed by atoms with Gasteiger partial charge in [-0.05, 0) is 30.3 Å². The summed E-state index contributed by atoms with van der Waals surface area (Å²) in [7, 11) is 0. The monoisotopic (exact) mass is 206 g/mol. The van der Waals surface area contributed by atoms with Gasteiger partial charge in [0.1, 0.15) is 0 Å². The molecule has 0 fully saturated rings. The van der Waals surface area contributed by atoms with Crippen LogP contribution in [0.5, 0.6) is 0 Å². The molecule has 0 atom stereocenters. The Morgan fingerprint density at radius 1 is 1.53 bits per heavy atom. The average molecular weight is 206 g/mol. The first kappa shape index (κ1) is 11.9. The maximum absolute atomic E-state index is 11.7. The van der Waals surface area contributed by atoms with Crippen LogP contribution < -0.4 is 0 Å². The van der Waals surface area contributed by atoms with E-state index in [1.807, 2.05) is 6.08 Å². The molecule has 0 heterocycles. The molecule has 0 aliphatic heterocycles. The van der Waals surface area contributed by atoms with E-state index >= 15 is 0 Å². The zero-order valence-corrected chi connectivity index (χ0v) is 9.51. The van der Waals surface area contributed by atoms with Gasteiger partial charge in [0, 0.05) is 6.42 Å². The van der Waals surface area contributed by atoms with Crippen LogP contribution in [-0.4, -0.2) is 11.6 Å². The van der Waals surface area contributed by atoms with Crippen LogP contribution in [0, 0.1) is 5.41 Å². The average Bonchev–Trinajstić information content (AvgIpc) is 2.15. The van der Waals surface area contributed by atoms with E-state index in [-0.39, 0.29) is 23.4 Å². The lowest BCUT2D eigenvalue weighted by molar-refractivity contribution is -0.134. The SMILES string of the molecule is C=CCC(=O)C(=O)C1=CC(C)(C)CCC1. The Hall–Kier alpha value is -1.18. The van der Waals surface area contributed by atoms with Crippen molar-refractivity contribution in [1.82, 2.24) is 0 Å². The lowest BCUT2D eigenvalue weighted by atomic mass is 9.78. The van der Waals surface area contributed by atoms with Crippen molar-refractivity contribution in [3.05, 3.63) is 24.3 Å². The fourth-order valence-corrected chi connectivity index (χ4v) is 1.93. The largest absolute Gasteiger partial charge is 0.290 e. The van der Waals surface area contributed by atoms with Crippen LogP contribution in [0.1, 0.15) is 39.5 Å². The summed E-state index contributed by atoms with van der Waals surface area (Å²) in [6.07, 6.45) is 6.40. The first-order valence-corrected chi connectivity index (χ1v) is 5.36. The number of carbonyl (C=O) groups is 2. The Balaban J connectivity index is 2.80. The van der Waals surface area contributed by atoms with Gasteiger partial charge in [-0.15, -0.1) is 6.58 Å². The Kier molecular flexibility index (Phi) is 3.61. The molecule has 0 aromatic carbocycles. The molecule has 0 radical (unpaired) electrons. The summed E-state index contributed by atoms with van der Waals surface area (Å²) in [5, 5.41) is 0. The van der Waals surface area contributed by atoms with Crippen molar-refractivity contribution in [3.63, 3.8) is 0 Å². The third kappa shape index (κ3) is 3.15. The first-order chi connectivity index (χ1) is 6.96. The summed E-state index contributed by atoms with van der Waals surface area (Å²) in [6, 6.07) is 0. The zero-order valence-electron chi connectivity index (χ0n) is 9.51. The van der Waals surface area contributed by atoms with Gasteiger partial charge in [-0.2, -0.15) is 0 Å². The highest BCUT2D eigenvalue weighted by molar-refractivity contribution is 6.43. The molecular weight excluding hydrogens is 188 g/mol. The minimum Gasteiger partial charge on any atom is -0.290 e. The van der Waals surface area contributed by atoms with Crippen LogP contribution in [0.25, 0.3) is 0 Å². The number of hydrogen-bond donors (Lipinski definition) is 0. The zero-order chi connectivity index (χ0) is 11.5. The van der Waals surface area contributed by atoms with E-state index in [4.69, 9.17) is 0 Å². The van der Waals surface area contributed by atoms with E-state index in [1.54, 1.807) is 0 Å². The molecule has 0 spiro atoms. The van der Waals surface area contributed by atoms with Crippen LogP contribution in [0.3, 0.4) is 0 Å². The molecule has 0 amide bonds. The Labute approximate surface area is 91.1 Å². The highest BCUT2D eigenvalue weighted by Crippen LogP contribution is 2.33. The van der Waals surface area contributed by atoms with E-state index in [2.05, 4.69) is 20.4 Å². The molecule has 0 saturated carbocycles. The molecule has 0 aromatic heterocycles. The summed E-state index contributed by atoms with van der Waals surface area (Å²) in [5.41, 5.74) is 0.746. The van der Waals surface area contributed by atoms with Crippen molar-refractivity contribution in [2.75, 3.05) is 0 Å². The van der Waals surface area contributed by atoms with Gasteiger partial charge >= 0.3 is 0 Å². The van der Waals surface area contributed by atoms with E-state index in [9.17, 15) is 9.59 Å². The number of carbonyl (C=O) groups excluding carboxylic acids is 2. The van der Waals surface area contributed by atoms with Crippen molar-refractivity contribution in [2.24, 2.45) is 5.41 Å². The lowest BCUT2D eigenvalue weighted by Gasteiger charge is -2.26. The van der Waals surface area contributed by atoms with Gasteiger partial charge < -0.3 is 0 Å². The van der Waals surface area contributed by atoms with E-state index in [0.717, 1.165) is 19.3 Å². The van der Waals surface area contributed by atoms with Gasteiger partial charge in [0.05, 0.1) is 0 Å². The summed E-state index contributed by atoms with van der Waals surface area (Å²) in [4.78, 5) is 23.1. The second-order valence-corrected chi connectivity index (χ2v) is 4.76. The lowest BCUT2D eigenvalue weighted by Crippen LogP contribution is -2.22. The summed E-state index contributed by atoms with van der Waals surface area (Å²) >= 11 is 0. The second-order valence-electron chi connectivity index (χ2n) is 4.76. The van der Waals surface area contributed by atoms with Gasteiger partial charge in [-0.25, -0.2) is 0 Å². The third-order valence-electron chi connectivity index (χ3n) is 2.71. The Morgan fingerprint density at radius 2 is 2.20 bits per heavy atom. The smallest absolute Gasteiger partial charge is 0.224 e. The molecule has 2 nitrogen and oxygen atoms in total. The third-order valence-corrected chi connectivity index (χ3v) is 2.71. The topological polar surface area (TPSA) is 34.1 Å². The quantitative estimate of drug-likeness (QED) is 0.523. The van der Waals surface area contributed by atoms with Crippen molar-refractivity contribution in [1.29, 1.82) is 0 Å². The van der Waals surface area contributed by atoms with Crippen LogP contribution >= 0.6 is 0 Å². The highest BCUT2D eigenvalue weighted by atomic mass is 16.2. The van der Waals surface area contributed by atoms with E-state index < -0.39 is 0 Å². The second kappa shape index (κ2) is 4.56. The number of rotatable bonds is 4. The van der Waals surface area contributed by atoms with Gasteiger partial charge in [0.25, 0.3) is 0 Å². The van der Waals surface area contributed by atoms with E-state index in [0.29, 0.717) is 5.57 Å². The normalized spacial score (nSPS) is 19.2. The number of Topliss-reactive ketones (excluding diaryl/α,β-unsaturated/α-hetero) is 2.